The number of morpholine rings is 1. The highest BCUT2D eigenvalue weighted by atomic mass is 16.5. The van der Waals surface area contributed by atoms with E-state index in [4.69, 9.17) is 14.9 Å². The second-order valence-corrected chi connectivity index (χ2v) is 4.41. The van der Waals surface area contributed by atoms with Gasteiger partial charge in [-0.1, -0.05) is 0 Å². The molecule has 1 amide bonds. The van der Waals surface area contributed by atoms with Gasteiger partial charge in [0.25, 0.3) is 5.91 Å². The number of furan rings is 1. The number of ether oxygens (including phenoxy) is 1. The van der Waals surface area contributed by atoms with Crippen molar-refractivity contribution in [2.24, 2.45) is 5.73 Å². The number of amides is 1. The number of rotatable bonds is 2. The molecule has 1 aliphatic rings. The van der Waals surface area contributed by atoms with E-state index < -0.39 is 0 Å². The maximum Gasteiger partial charge on any atom is 0.289 e. The van der Waals surface area contributed by atoms with Gasteiger partial charge < -0.3 is 19.8 Å². The van der Waals surface area contributed by atoms with Crippen molar-refractivity contribution in [1.29, 1.82) is 0 Å². The van der Waals surface area contributed by atoms with Crippen LogP contribution < -0.4 is 5.73 Å². The zero-order valence-corrected chi connectivity index (χ0v) is 10.2. The first kappa shape index (κ1) is 12.1. The molecule has 1 aromatic heterocycles. The minimum absolute atomic E-state index is 0.0516. The zero-order chi connectivity index (χ0) is 12.4. The maximum atomic E-state index is 12.2. The Bertz CT molecular complexity index is 402. The van der Waals surface area contributed by atoms with Crippen LogP contribution in [0.1, 0.15) is 23.2 Å². The number of nitrogens with zero attached hydrogens (tertiary/aromatic N) is 1. The highest BCUT2D eigenvalue weighted by molar-refractivity contribution is 5.91. The first-order chi connectivity index (χ1) is 8.11. The van der Waals surface area contributed by atoms with E-state index in [9.17, 15) is 4.79 Å². The van der Waals surface area contributed by atoms with E-state index in [1.54, 1.807) is 17.0 Å². The Hall–Kier alpha value is -1.33. The Kier molecular flexibility index (Phi) is 3.49. The van der Waals surface area contributed by atoms with Crippen LogP contribution in [0.4, 0.5) is 0 Å². The Labute approximate surface area is 101 Å². The molecule has 1 aliphatic heterocycles. The van der Waals surface area contributed by atoms with Gasteiger partial charge in [-0.05, 0) is 26.0 Å². The van der Waals surface area contributed by atoms with E-state index in [1.807, 2.05) is 13.8 Å². The SMILES string of the molecule is Cc1ccc(C(=O)N2CC(CN)OCC2C)o1. The van der Waals surface area contributed by atoms with Crippen molar-refractivity contribution in [1.82, 2.24) is 4.90 Å². The third kappa shape index (κ3) is 2.50. The number of nitrogens with two attached hydrogens (primary N) is 1. The van der Waals surface area contributed by atoms with Crippen molar-refractivity contribution in [3.63, 3.8) is 0 Å². The van der Waals surface area contributed by atoms with Gasteiger partial charge in [-0.2, -0.15) is 0 Å². The van der Waals surface area contributed by atoms with Crippen molar-refractivity contribution < 1.29 is 13.9 Å². The number of carbonyl (C=O) groups excluding carboxylic acids is 1. The molecular formula is C12H18N2O3. The summed E-state index contributed by atoms with van der Waals surface area (Å²) in [6, 6.07) is 3.55. The summed E-state index contributed by atoms with van der Waals surface area (Å²) >= 11 is 0. The van der Waals surface area contributed by atoms with Gasteiger partial charge in [0.15, 0.2) is 5.76 Å². The molecule has 17 heavy (non-hydrogen) atoms. The zero-order valence-electron chi connectivity index (χ0n) is 10.2. The fraction of sp³-hybridized carbons (Fsp3) is 0.583. The molecule has 2 atom stereocenters. The lowest BCUT2D eigenvalue weighted by atomic mass is 10.2. The molecule has 0 saturated carbocycles. The minimum Gasteiger partial charge on any atom is -0.456 e. The van der Waals surface area contributed by atoms with E-state index in [1.165, 1.54) is 0 Å². The second kappa shape index (κ2) is 4.89. The molecular weight excluding hydrogens is 220 g/mol. The summed E-state index contributed by atoms with van der Waals surface area (Å²) in [4.78, 5) is 14.0. The summed E-state index contributed by atoms with van der Waals surface area (Å²) in [5.74, 6) is 1.03. The monoisotopic (exact) mass is 238 g/mol. The lowest BCUT2D eigenvalue weighted by molar-refractivity contribution is -0.0435. The van der Waals surface area contributed by atoms with Gasteiger partial charge in [-0.15, -0.1) is 0 Å². The average molecular weight is 238 g/mol. The first-order valence-corrected chi connectivity index (χ1v) is 5.81. The summed E-state index contributed by atoms with van der Waals surface area (Å²) in [6.45, 7) is 5.25. The van der Waals surface area contributed by atoms with Crippen molar-refractivity contribution in [2.75, 3.05) is 19.7 Å². The number of aryl methyl sites for hydroxylation is 1. The van der Waals surface area contributed by atoms with E-state index in [0.717, 1.165) is 5.76 Å². The summed E-state index contributed by atoms with van der Waals surface area (Å²) in [7, 11) is 0. The Morgan fingerprint density at radius 3 is 2.94 bits per heavy atom. The van der Waals surface area contributed by atoms with Gasteiger partial charge in [0.1, 0.15) is 5.76 Å². The molecule has 0 bridgehead atoms. The second-order valence-electron chi connectivity index (χ2n) is 4.41. The standard InChI is InChI=1S/C12H18N2O3/c1-8-7-16-10(5-13)6-14(8)12(15)11-4-3-9(2)17-11/h3-4,8,10H,5-7,13H2,1-2H3. The van der Waals surface area contributed by atoms with Crippen LogP contribution in [-0.2, 0) is 4.74 Å². The third-order valence-corrected chi connectivity index (χ3v) is 2.98. The first-order valence-electron chi connectivity index (χ1n) is 5.81. The lowest BCUT2D eigenvalue weighted by Gasteiger charge is -2.37. The van der Waals surface area contributed by atoms with Crippen LogP contribution in [0.15, 0.2) is 16.5 Å². The smallest absolute Gasteiger partial charge is 0.289 e. The third-order valence-electron chi connectivity index (χ3n) is 2.98. The Morgan fingerprint density at radius 1 is 1.59 bits per heavy atom. The van der Waals surface area contributed by atoms with Crippen LogP contribution in [-0.4, -0.2) is 42.6 Å². The van der Waals surface area contributed by atoms with E-state index >= 15 is 0 Å². The average Bonchev–Trinajstić information content (AvgIpc) is 2.76. The van der Waals surface area contributed by atoms with Crippen LogP contribution in [0.2, 0.25) is 0 Å². The normalized spacial score (nSPS) is 25.0. The van der Waals surface area contributed by atoms with Crippen LogP contribution in [0, 0.1) is 6.92 Å². The summed E-state index contributed by atoms with van der Waals surface area (Å²) in [5, 5.41) is 0. The predicted octanol–water partition coefficient (Wildman–Crippen LogP) is 0.776. The number of hydrogen-bond acceptors (Lipinski definition) is 4. The molecule has 0 radical (unpaired) electrons. The molecule has 2 unspecified atom stereocenters. The molecule has 1 aromatic rings. The Morgan fingerprint density at radius 2 is 2.35 bits per heavy atom. The quantitative estimate of drug-likeness (QED) is 0.826. The van der Waals surface area contributed by atoms with Crippen LogP contribution in [0.3, 0.4) is 0 Å². The molecule has 1 fully saturated rings. The van der Waals surface area contributed by atoms with Gasteiger partial charge >= 0.3 is 0 Å². The van der Waals surface area contributed by atoms with Gasteiger partial charge in [0.05, 0.1) is 18.8 Å². The Balaban J connectivity index is 2.12. The molecule has 0 aromatic carbocycles. The van der Waals surface area contributed by atoms with E-state index in [2.05, 4.69) is 0 Å². The summed E-state index contributed by atoms with van der Waals surface area (Å²) in [5.41, 5.74) is 5.57. The largest absolute Gasteiger partial charge is 0.456 e. The van der Waals surface area contributed by atoms with Gasteiger partial charge in [0.2, 0.25) is 0 Å². The van der Waals surface area contributed by atoms with E-state index in [-0.39, 0.29) is 18.1 Å². The van der Waals surface area contributed by atoms with Crippen molar-refractivity contribution in [3.8, 4) is 0 Å². The fourth-order valence-electron chi connectivity index (χ4n) is 1.93. The highest BCUT2D eigenvalue weighted by Gasteiger charge is 2.30. The van der Waals surface area contributed by atoms with Gasteiger partial charge in [-0.25, -0.2) is 0 Å². The molecule has 94 valence electrons. The van der Waals surface area contributed by atoms with Crippen molar-refractivity contribution in [3.05, 3.63) is 23.7 Å². The highest BCUT2D eigenvalue weighted by Crippen LogP contribution is 2.16. The van der Waals surface area contributed by atoms with Crippen molar-refractivity contribution in [2.45, 2.75) is 26.0 Å². The number of carbonyl (C=O) groups is 1. The lowest BCUT2D eigenvalue weighted by Crippen LogP contribution is -2.52. The van der Waals surface area contributed by atoms with Crippen LogP contribution in [0.5, 0.6) is 0 Å². The van der Waals surface area contributed by atoms with Gasteiger partial charge in [-0.3, -0.25) is 4.79 Å². The van der Waals surface area contributed by atoms with E-state index in [0.29, 0.717) is 25.5 Å². The summed E-state index contributed by atoms with van der Waals surface area (Å²) < 4.78 is 10.9. The van der Waals surface area contributed by atoms with Crippen LogP contribution >= 0.6 is 0 Å². The molecule has 2 N–H and O–H groups in total. The van der Waals surface area contributed by atoms with Gasteiger partial charge in [0, 0.05) is 13.1 Å². The molecule has 1 saturated heterocycles. The molecule has 5 heteroatoms. The number of hydrogen-bond donors (Lipinski definition) is 1. The fourth-order valence-corrected chi connectivity index (χ4v) is 1.93. The maximum absolute atomic E-state index is 12.2. The summed E-state index contributed by atoms with van der Waals surface area (Å²) in [6.07, 6.45) is -0.0776. The molecule has 0 spiro atoms. The molecule has 5 nitrogen and oxygen atoms in total. The molecule has 0 aliphatic carbocycles. The predicted molar refractivity (Wildman–Crippen MR) is 62.7 cm³/mol. The molecule has 2 heterocycles. The minimum atomic E-state index is -0.0904. The topological polar surface area (TPSA) is 68.7 Å². The van der Waals surface area contributed by atoms with Crippen molar-refractivity contribution >= 4 is 5.91 Å². The van der Waals surface area contributed by atoms with Crippen LogP contribution in [0.25, 0.3) is 0 Å². The molecule has 2 rings (SSSR count).